The molecule has 7 heteroatoms. The third-order valence-corrected chi connectivity index (χ3v) is 15.4. The quantitative estimate of drug-likeness (QED) is 0.160. The monoisotopic (exact) mass is 969 g/mol. The van der Waals surface area contributed by atoms with E-state index in [0.717, 1.165) is 88.7 Å². The summed E-state index contributed by atoms with van der Waals surface area (Å²) >= 11 is 0. The van der Waals surface area contributed by atoms with E-state index in [9.17, 15) is 0 Å². The number of benzene rings is 11. The molecule has 5 aromatic heterocycles. The zero-order valence-corrected chi connectivity index (χ0v) is 41.0. The number of hydrogen-bond acceptors (Lipinski definition) is 3. The van der Waals surface area contributed by atoms with E-state index in [1.54, 1.807) is 0 Å². The van der Waals surface area contributed by atoms with Crippen LogP contribution in [-0.2, 0) is 0 Å². The fourth-order valence-corrected chi connectivity index (χ4v) is 12.1. The Labute approximate surface area is 436 Å². The van der Waals surface area contributed by atoms with Gasteiger partial charge in [0.05, 0.1) is 44.1 Å². The highest BCUT2D eigenvalue weighted by atomic mass is 15.1. The maximum absolute atomic E-state index is 5.23. The Morgan fingerprint density at radius 1 is 0.211 bits per heavy atom. The van der Waals surface area contributed by atoms with Crippen LogP contribution in [0.15, 0.2) is 261 Å². The molecule has 354 valence electrons. The highest BCUT2D eigenvalue weighted by molar-refractivity contribution is 6.28. The number of nitrogens with zero attached hydrogens (tertiary/aromatic N) is 7. The maximum Gasteiger partial charge on any atom is 0.164 e. The fourth-order valence-electron chi connectivity index (χ4n) is 12.1. The Balaban J connectivity index is 1.03. The first kappa shape index (κ1) is 42.2. The van der Waals surface area contributed by atoms with Crippen molar-refractivity contribution in [3.8, 4) is 56.9 Å². The molecule has 0 bridgehead atoms. The van der Waals surface area contributed by atoms with Crippen LogP contribution < -0.4 is 0 Å². The van der Waals surface area contributed by atoms with E-state index in [0.29, 0.717) is 17.5 Å². The van der Waals surface area contributed by atoms with E-state index < -0.39 is 0 Å². The minimum Gasteiger partial charge on any atom is -0.309 e. The third kappa shape index (κ3) is 6.26. The number of hydrogen-bond donors (Lipinski definition) is 0. The van der Waals surface area contributed by atoms with E-state index in [1.807, 2.05) is 36.4 Å². The predicted molar refractivity (Wildman–Crippen MR) is 313 cm³/mol. The molecule has 0 amide bonds. The zero-order valence-electron chi connectivity index (χ0n) is 41.0. The van der Waals surface area contributed by atoms with Gasteiger partial charge in [0.15, 0.2) is 17.5 Å². The van der Waals surface area contributed by atoms with E-state index in [-0.39, 0.29) is 0 Å². The molecule has 76 heavy (non-hydrogen) atoms. The van der Waals surface area contributed by atoms with Gasteiger partial charge in [-0.15, -0.1) is 0 Å². The summed E-state index contributed by atoms with van der Waals surface area (Å²) in [5.74, 6) is 1.86. The van der Waals surface area contributed by atoms with Crippen LogP contribution in [0.3, 0.4) is 0 Å². The first-order valence-electron chi connectivity index (χ1n) is 25.8. The summed E-state index contributed by atoms with van der Waals surface area (Å²) in [4.78, 5) is 15.5. The number of rotatable bonds is 7. The molecule has 0 saturated carbocycles. The van der Waals surface area contributed by atoms with Crippen molar-refractivity contribution in [2.45, 2.75) is 0 Å². The van der Waals surface area contributed by atoms with Crippen molar-refractivity contribution < 1.29 is 0 Å². The van der Waals surface area contributed by atoms with Crippen LogP contribution in [0.1, 0.15) is 0 Å². The molecular formula is C69H43N7. The summed E-state index contributed by atoms with van der Waals surface area (Å²) in [5, 5.41) is 9.46. The predicted octanol–water partition coefficient (Wildman–Crippen LogP) is 17.3. The molecule has 0 spiro atoms. The largest absolute Gasteiger partial charge is 0.309 e. The third-order valence-electron chi connectivity index (χ3n) is 15.4. The van der Waals surface area contributed by atoms with Crippen LogP contribution >= 0.6 is 0 Å². The summed E-state index contributed by atoms with van der Waals surface area (Å²) in [5.41, 5.74) is 16.3. The van der Waals surface area contributed by atoms with Crippen LogP contribution in [0.25, 0.3) is 144 Å². The molecule has 0 atom stereocenters. The molecule has 7 nitrogen and oxygen atoms in total. The molecule has 0 unspecified atom stereocenters. The van der Waals surface area contributed by atoms with Gasteiger partial charge in [0.1, 0.15) is 0 Å². The van der Waals surface area contributed by atoms with Gasteiger partial charge in [-0.05, 0) is 84.9 Å². The van der Waals surface area contributed by atoms with E-state index in [2.05, 4.69) is 243 Å². The van der Waals surface area contributed by atoms with Crippen molar-refractivity contribution in [2.75, 3.05) is 0 Å². The molecule has 0 radical (unpaired) electrons. The number of fused-ring (bicyclic) bond motifs is 14. The minimum atomic E-state index is 0.609. The molecular weight excluding hydrogens is 927 g/mol. The van der Waals surface area contributed by atoms with Crippen molar-refractivity contribution in [1.82, 2.24) is 33.2 Å². The topological polar surface area (TPSA) is 58.4 Å². The van der Waals surface area contributed by atoms with E-state index >= 15 is 0 Å². The molecule has 0 aliphatic rings. The molecule has 16 aromatic rings. The Morgan fingerprint density at radius 2 is 0.592 bits per heavy atom. The Bertz CT molecular complexity index is 4900. The molecule has 0 saturated heterocycles. The average Bonchev–Trinajstić information content (AvgIpc) is 4.37. The van der Waals surface area contributed by atoms with Gasteiger partial charge in [-0.25, -0.2) is 15.0 Å². The van der Waals surface area contributed by atoms with Crippen molar-refractivity contribution in [3.63, 3.8) is 0 Å². The van der Waals surface area contributed by atoms with Gasteiger partial charge in [0.2, 0.25) is 0 Å². The zero-order chi connectivity index (χ0) is 49.8. The molecule has 0 fully saturated rings. The lowest BCUT2D eigenvalue weighted by Crippen LogP contribution is -2.00. The average molecular weight is 970 g/mol. The first-order valence-corrected chi connectivity index (χ1v) is 25.8. The minimum absolute atomic E-state index is 0.609. The second-order valence-corrected chi connectivity index (χ2v) is 19.6. The highest BCUT2D eigenvalue weighted by Crippen LogP contribution is 2.46. The molecule has 0 N–H and O–H groups in total. The number of para-hydroxylation sites is 5. The maximum atomic E-state index is 5.23. The Hall–Kier alpha value is -10.4. The van der Waals surface area contributed by atoms with Gasteiger partial charge < -0.3 is 18.3 Å². The lowest BCUT2D eigenvalue weighted by Gasteiger charge is -2.12. The number of aromatic nitrogens is 7. The van der Waals surface area contributed by atoms with Gasteiger partial charge in [0, 0.05) is 82.5 Å². The molecule has 0 aliphatic heterocycles. The lowest BCUT2D eigenvalue weighted by atomic mass is 10.1. The van der Waals surface area contributed by atoms with Gasteiger partial charge in [-0.1, -0.05) is 176 Å². The normalized spacial score (nSPS) is 11.9. The second-order valence-electron chi connectivity index (χ2n) is 19.6. The highest BCUT2D eigenvalue weighted by Gasteiger charge is 2.25. The lowest BCUT2D eigenvalue weighted by molar-refractivity contribution is 1.07. The van der Waals surface area contributed by atoms with Crippen molar-refractivity contribution in [1.29, 1.82) is 0 Å². The van der Waals surface area contributed by atoms with Crippen LogP contribution in [0.4, 0.5) is 0 Å². The van der Waals surface area contributed by atoms with Gasteiger partial charge in [0.25, 0.3) is 0 Å². The second kappa shape index (κ2) is 16.6. The van der Waals surface area contributed by atoms with Crippen LogP contribution in [0.2, 0.25) is 0 Å². The van der Waals surface area contributed by atoms with Gasteiger partial charge in [-0.2, -0.15) is 0 Å². The standard InChI is InChI=1S/C69H43N7/c1-6-20-44(21-7-1)67-70-68(45-22-8-2-9-23-45)72-69(71-67)46-34-36-51-52-37-40-60-63(54-30-16-18-32-57(54)73(60)47-24-10-3-11-25-47)65(52)76(62(51)42-46)50-35-39-59-56(43-50)53-38-41-61-64(66(53)75(59)49-28-14-5-15-29-49)55-31-17-19-33-58(55)74(61)48-26-12-4-13-27-48/h1-43H. The smallest absolute Gasteiger partial charge is 0.164 e. The van der Waals surface area contributed by atoms with Crippen molar-refractivity contribution >= 4 is 87.2 Å². The Morgan fingerprint density at radius 3 is 1.11 bits per heavy atom. The SMILES string of the molecule is c1ccc(-c2nc(-c3ccccc3)nc(-c3ccc4c5ccc6c(c7ccccc7n6-c6ccccc6)c5n(-c5ccc6c(c5)c5ccc7c(c8ccccc8n7-c7ccccc7)c5n6-c5ccccc5)c4c3)n2)cc1. The van der Waals surface area contributed by atoms with E-state index in [1.165, 1.54) is 38.0 Å². The van der Waals surface area contributed by atoms with Crippen LogP contribution in [0.5, 0.6) is 0 Å². The molecule has 11 aromatic carbocycles. The summed E-state index contributed by atoms with van der Waals surface area (Å²) in [7, 11) is 0. The van der Waals surface area contributed by atoms with Crippen molar-refractivity contribution in [2.24, 2.45) is 0 Å². The molecule has 0 aliphatic carbocycles. The van der Waals surface area contributed by atoms with Crippen LogP contribution in [0, 0.1) is 0 Å². The Kier molecular flexibility index (Phi) is 9.20. The fraction of sp³-hybridized carbons (Fsp3) is 0. The van der Waals surface area contributed by atoms with Crippen molar-refractivity contribution in [3.05, 3.63) is 261 Å². The summed E-state index contributed by atoms with van der Waals surface area (Å²) < 4.78 is 9.80. The van der Waals surface area contributed by atoms with Gasteiger partial charge in [-0.3, -0.25) is 0 Å². The molecule has 5 heterocycles. The summed E-state index contributed by atoms with van der Waals surface area (Å²) in [6, 6.07) is 93.4. The van der Waals surface area contributed by atoms with Crippen LogP contribution in [-0.4, -0.2) is 33.2 Å². The summed E-state index contributed by atoms with van der Waals surface area (Å²) in [6.45, 7) is 0. The van der Waals surface area contributed by atoms with E-state index in [4.69, 9.17) is 15.0 Å². The summed E-state index contributed by atoms with van der Waals surface area (Å²) in [6.07, 6.45) is 0. The van der Waals surface area contributed by atoms with Gasteiger partial charge >= 0.3 is 0 Å². The first-order chi connectivity index (χ1) is 37.7. The molecule has 16 rings (SSSR count).